The lowest BCUT2D eigenvalue weighted by Crippen LogP contribution is -2.25. The Balaban J connectivity index is 1.49. The van der Waals surface area contributed by atoms with Gasteiger partial charge in [0.15, 0.2) is 4.96 Å². The van der Waals surface area contributed by atoms with Crippen LogP contribution in [-0.4, -0.2) is 41.7 Å². The van der Waals surface area contributed by atoms with Crippen molar-refractivity contribution in [3.05, 3.63) is 54.2 Å². The number of amides is 1. The Morgan fingerprint density at radius 1 is 1.20 bits per heavy atom. The van der Waals surface area contributed by atoms with Crippen molar-refractivity contribution in [2.24, 2.45) is 0 Å². The molecule has 0 atom stereocenters. The van der Waals surface area contributed by atoms with Gasteiger partial charge >= 0.3 is 0 Å². The monoisotopic (exact) mass is 423 g/mol. The number of methoxy groups -OCH3 is 1. The number of hydrogen-bond donors (Lipinski definition) is 1. The summed E-state index contributed by atoms with van der Waals surface area (Å²) in [4.78, 5) is 18.1. The minimum atomic E-state index is -0.0635. The maximum atomic E-state index is 12.5. The summed E-state index contributed by atoms with van der Waals surface area (Å²) in [6.45, 7) is 5.26. The second-order valence-corrected chi connectivity index (χ2v) is 8.33. The third-order valence-corrected chi connectivity index (χ3v) is 5.82. The summed E-state index contributed by atoms with van der Waals surface area (Å²) >= 11 is 1.58. The van der Waals surface area contributed by atoms with E-state index in [0.717, 1.165) is 38.6 Å². The van der Waals surface area contributed by atoms with E-state index in [9.17, 15) is 4.79 Å². The van der Waals surface area contributed by atoms with Crippen LogP contribution in [0.3, 0.4) is 0 Å². The fourth-order valence-electron chi connectivity index (χ4n) is 3.24. The molecule has 4 aromatic rings. The second-order valence-electron chi connectivity index (χ2n) is 7.32. The van der Waals surface area contributed by atoms with Crippen molar-refractivity contribution in [3.63, 3.8) is 0 Å². The predicted molar refractivity (Wildman–Crippen MR) is 121 cm³/mol. The zero-order chi connectivity index (χ0) is 21.1. The largest absolute Gasteiger partial charge is 0.497 e. The van der Waals surface area contributed by atoms with E-state index in [1.54, 1.807) is 18.4 Å². The molecular formula is C23H25N3O3S. The van der Waals surface area contributed by atoms with Crippen molar-refractivity contribution in [1.29, 1.82) is 0 Å². The van der Waals surface area contributed by atoms with Gasteiger partial charge in [-0.3, -0.25) is 9.20 Å². The first-order chi connectivity index (χ1) is 14.5. The van der Waals surface area contributed by atoms with E-state index in [4.69, 9.17) is 14.5 Å². The number of carbonyl (C=O) groups is 1. The Labute approximate surface area is 179 Å². The molecule has 0 bridgehead atoms. The van der Waals surface area contributed by atoms with Crippen LogP contribution in [0.1, 0.15) is 30.6 Å². The molecule has 4 rings (SSSR count). The highest BCUT2D eigenvalue weighted by molar-refractivity contribution is 7.23. The number of imidazole rings is 1. The molecule has 0 aliphatic carbocycles. The first-order valence-electron chi connectivity index (χ1n) is 10.0. The van der Waals surface area contributed by atoms with Gasteiger partial charge in [-0.05, 0) is 62.7 Å². The smallest absolute Gasteiger partial charge is 0.251 e. The van der Waals surface area contributed by atoms with Crippen LogP contribution in [0.2, 0.25) is 0 Å². The molecule has 1 amide bonds. The van der Waals surface area contributed by atoms with E-state index < -0.39 is 0 Å². The van der Waals surface area contributed by atoms with E-state index in [2.05, 4.69) is 9.72 Å². The van der Waals surface area contributed by atoms with Crippen LogP contribution in [0.15, 0.2) is 48.7 Å². The Hall–Kier alpha value is -2.90. The van der Waals surface area contributed by atoms with Gasteiger partial charge in [-0.1, -0.05) is 11.3 Å². The molecule has 2 aromatic carbocycles. The molecule has 0 unspecified atom stereocenters. The highest BCUT2D eigenvalue weighted by Gasteiger charge is 2.13. The fourth-order valence-corrected chi connectivity index (χ4v) is 4.29. The number of carbonyl (C=O) groups excluding carboxylic acids is 1. The summed E-state index contributed by atoms with van der Waals surface area (Å²) in [6, 6.07) is 13.6. The fraction of sp³-hybridized carbons (Fsp3) is 0.304. The van der Waals surface area contributed by atoms with Crippen LogP contribution < -0.4 is 10.1 Å². The second kappa shape index (κ2) is 8.85. The minimum Gasteiger partial charge on any atom is -0.497 e. The van der Waals surface area contributed by atoms with Gasteiger partial charge in [0.25, 0.3) is 5.91 Å². The number of rotatable bonds is 8. The van der Waals surface area contributed by atoms with Crippen LogP contribution in [-0.2, 0) is 4.74 Å². The highest BCUT2D eigenvalue weighted by atomic mass is 32.1. The third kappa shape index (κ3) is 4.32. The van der Waals surface area contributed by atoms with Gasteiger partial charge in [0.1, 0.15) is 5.75 Å². The zero-order valence-electron chi connectivity index (χ0n) is 17.3. The van der Waals surface area contributed by atoms with Crippen molar-refractivity contribution < 1.29 is 14.3 Å². The molecule has 0 spiro atoms. The number of benzene rings is 2. The molecule has 0 saturated heterocycles. The molecule has 0 aliphatic heterocycles. The van der Waals surface area contributed by atoms with E-state index in [0.29, 0.717) is 18.7 Å². The van der Waals surface area contributed by atoms with Crippen LogP contribution >= 0.6 is 11.3 Å². The Kier molecular flexibility index (Phi) is 6.01. The maximum absolute atomic E-state index is 12.5. The van der Waals surface area contributed by atoms with E-state index in [1.165, 1.54) is 0 Å². The average molecular weight is 424 g/mol. The lowest BCUT2D eigenvalue weighted by atomic mass is 10.1. The Morgan fingerprint density at radius 2 is 2.00 bits per heavy atom. The highest BCUT2D eigenvalue weighted by Crippen LogP contribution is 2.30. The molecule has 0 saturated carbocycles. The van der Waals surface area contributed by atoms with Crippen molar-refractivity contribution in [1.82, 2.24) is 14.7 Å². The Morgan fingerprint density at radius 3 is 2.73 bits per heavy atom. The summed E-state index contributed by atoms with van der Waals surface area (Å²) in [6.07, 6.45) is 3.04. The van der Waals surface area contributed by atoms with Crippen molar-refractivity contribution in [3.8, 4) is 17.0 Å². The predicted octanol–water partition coefficient (Wildman–Crippen LogP) is 4.77. The summed E-state index contributed by atoms with van der Waals surface area (Å²) < 4.78 is 13.8. The van der Waals surface area contributed by atoms with Crippen molar-refractivity contribution >= 4 is 32.4 Å². The number of hydrogen-bond acceptors (Lipinski definition) is 5. The van der Waals surface area contributed by atoms with Gasteiger partial charge in [0, 0.05) is 30.5 Å². The number of aromatic nitrogens is 2. The van der Waals surface area contributed by atoms with Gasteiger partial charge in [0.05, 0.1) is 29.1 Å². The quantitative estimate of drug-likeness (QED) is 0.415. The topological polar surface area (TPSA) is 64.9 Å². The number of fused-ring (bicyclic) bond motifs is 3. The molecular weight excluding hydrogens is 398 g/mol. The van der Waals surface area contributed by atoms with Gasteiger partial charge in [-0.2, -0.15) is 0 Å². The standard InChI is InChI=1S/C23H25N3O3S/c1-15(2)29-12-4-11-24-22(27)17-7-10-20-21(13-17)30-23-25-19(14-26(20)23)16-5-8-18(28-3)9-6-16/h5-10,13-15H,4,11-12H2,1-3H3,(H,24,27). The van der Waals surface area contributed by atoms with E-state index in [-0.39, 0.29) is 12.0 Å². The third-order valence-electron chi connectivity index (χ3n) is 4.80. The summed E-state index contributed by atoms with van der Waals surface area (Å²) in [7, 11) is 1.66. The van der Waals surface area contributed by atoms with Crippen molar-refractivity contribution in [2.75, 3.05) is 20.3 Å². The number of nitrogens with zero attached hydrogens (tertiary/aromatic N) is 2. The molecule has 0 radical (unpaired) electrons. The van der Waals surface area contributed by atoms with Crippen molar-refractivity contribution in [2.45, 2.75) is 26.4 Å². The summed E-state index contributed by atoms with van der Waals surface area (Å²) in [5, 5.41) is 2.96. The van der Waals surface area contributed by atoms with Gasteiger partial charge < -0.3 is 14.8 Å². The molecule has 2 aromatic heterocycles. The number of thiazole rings is 1. The first-order valence-corrected chi connectivity index (χ1v) is 10.8. The first kappa shape index (κ1) is 20.4. The maximum Gasteiger partial charge on any atom is 0.251 e. The van der Waals surface area contributed by atoms with Crippen LogP contribution in [0.4, 0.5) is 0 Å². The van der Waals surface area contributed by atoms with Gasteiger partial charge in [-0.25, -0.2) is 4.98 Å². The van der Waals surface area contributed by atoms with Gasteiger partial charge in [0.2, 0.25) is 0 Å². The number of nitrogens with one attached hydrogen (secondary N) is 1. The minimum absolute atomic E-state index is 0.0635. The average Bonchev–Trinajstić information content (AvgIpc) is 3.30. The molecule has 6 nitrogen and oxygen atoms in total. The molecule has 7 heteroatoms. The Bertz CT molecular complexity index is 1160. The van der Waals surface area contributed by atoms with Crippen LogP contribution in [0.5, 0.6) is 5.75 Å². The lowest BCUT2D eigenvalue weighted by molar-refractivity contribution is 0.0757. The molecule has 156 valence electrons. The van der Waals surface area contributed by atoms with E-state index >= 15 is 0 Å². The molecule has 2 heterocycles. The van der Waals surface area contributed by atoms with Gasteiger partial charge in [-0.15, -0.1) is 0 Å². The summed E-state index contributed by atoms with van der Waals surface area (Å²) in [5.41, 5.74) is 3.66. The molecule has 1 N–H and O–H groups in total. The number of ether oxygens (including phenoxy) is 2. The zero-order valence-corrected chi connectivity index (χ0v) is 18.2. The van der Waals surface area contributed by atoms with Crippen LogP contribution in [0, 0.1) is 0 Å². The molecule has 30 heavy (non-hydrogen) atoms. The molecule has 0 aliphatic rings. The summed E-state index contributed by atoms with van der Waals surface area (Å²) in [5.74, 6) is 0.759. The lowest BCUT2D eigenvalue weighted by Gasteiger charge is -2.08. The SMILES string of the molecule is COc1ccc(-c2cn3c(n2)sc2cc(C(=O)NCCCOC(C)C)ccc23)cc1. The normalized spacial score (nSPS) is 11.5. The van der Waals surface area contributed by atoms with Crippen LogP contribution in [0.25, 0.3) is 26.4 Å². The molecule has 0 fully saturated rings. The van der Waals surface area contributed by atoms with E-state index in [1.807, 2.05) is 62.5 Å².